The van der Waals surface area contributed by atoms with Crippen molar-refractivity contribution < 1.29 is 9.53 Å². The Morgan fingerprint density at radius 1 is 1.53 bits per heavy atom. The molecule has 0 aliphatic carbocycles. The van der Waals surface area contributed by atoms with Gasteiger partial charge in [-0.25, -0.2) is 4.79 Å². The van der Waals surface area contributed by atoms with Crippen molar-refractivity contribution in [2.24, 2.45) is 0 Å². The molecule has 1 rings (SSSR count). The van der Waals surface area contributed by atoms with E-state index >= 15 is 0 Å². The predicted octanol–water partition coefficient (Wildman–Crippen LogP) is 2.31. The molecule has 0 heterocycles. The maximum atomic E-state index is 11.5. The first kappa shape index (κ1) is 11.9. The number of hydrogen-bond donors (Lipinski definition) is 1. The maximum absolute atomic E-state index is 11.5. The van der Waals surface area contributed by atoms with Gasteiger partial charge in [0, 0.05) is 5.75 Å². The third-order valence-corrected chi connectivity index (χ3v) is 2.59. The molecule has 0 aromatic heterocycles. The molecular weight excluding hydrogens is 210 g/mol. The number of thioether (sulfide) groups is 1. The molecule has 1 aromatic carbocycles. The van der Waals surface area contributed by atoms with E-state index in [9.17, 15) is 4.79 Å². The van der Waals surface area contributed by atoms with Crippen LogP contribution in [-0.4, -0.2) is 18.8 Å². The summed E-state index contributed by atoms with van der Waals surface area (Å²) in [7, 11) is 0. The van der Waals surface area contributed by atoms with Gasteiger partial charge in [0.2, 0.25) is 0 Å². The van der Waals surface area contributed by atoms with Gasteiger partial charge < -0.3 is 10.5 Å². The Hall–Kier alpha value is -1.16. The van der Waals surface area contributed by atoms with Crippen molar-refractivity contribution in [3.63, 3.8) is 0 Å². The van der Waals surface area contributed by atoms with E-state index in [0.29, 0.717) is 17.9 Å². The Labute approximate surface area is 94.0 Å². The minimum atomic E-state index is -0.349. The molecule has 0 bridgehead atoms. The minimum absolute atomic E-state index is 0.349. The van der Waals surface area contributed by atoms with Crippen molar-refractivity contribution in [3.8, 4) is 0 Å². The van der Waals surface area contributed by atoms with E-state index in [2.05, 4.69) is 0 Å². The van der Waals surface area contributed by atoms with Crippen LogP contribution in [0.4, 0.5) is 5.69 Å². The quantitative estimate of drug-likeness (QED) is 0.631. The number of carbonyl (C=O) groups excluding carboxylic acids is 1. The normalized spacial score (nSPS) is 10.0. The Kier molecular flexibility index (Phi) is 4.49. The lowest BCUT2D eigenvalue weighted by Gasteiger charge is -2.09. The smallest absolute Gasteiger partial charge is 0.340 e. The number of carbonyl (C=O) groups is 1. The molecule has 0 aliphatic heterocycles. The zero-order chi connectivity index (χ0) is 11.3. The first-order chi connectivity index (χ1) is 7.20. The highest BCUT2D eigenvalue weighted by atomic mass is 32.2. The molecule has 0 saturated carbocycles. The number of para-hydroxylation sites is 1. The average molecular weight is 225 g/mol. The van der Waals surface area contributed by atoms with Gasteiger partial charge in [-0.2, -0.15) is 11.8 Å². The molecule has 0 spiro atoms. The zero-order valence-electron chi connectivity index (χ0n) is 8.95. The van der Waals surface area contributed by atoms with Gasteiger partial charge in [-0.15, -0.1) is 0 Å². The molecule has 2 N–H and O–H groups in total. The molecule has 0 amide bonds. The number of hydrogen-bond acceptors (Lipinski definition) is 4. The van der Waals surface area contributed by atoms with Gasteiger partial charge in [0.25, 0.3) is 0 Å². The van der Waals surface area contributed by atoms with E-state index in [-0.39, 0.29) is 5.97 Å². The third kappa shape index (κ3) is 2.89. The molecule has 1 aromatic rings. The lowest BCUT2D eigenvalue weighted by atomic mass is 10.1. The fourth-order valence-corrected chi connectivity index (χ4v) is 1.84. The summed E-state index contributed by atoms with van der Waals surface area (Å²) in [4.78, 5) is 11.5. The summed E-state index contributed by atoms with van der Waals surface area (Å²) in [5.41, 5.74) is 7.86. The van der Waals surface area contributed by atoms with Gasteiger partial charge in [0.15, 0.2) is 0 Å². The monoisotopic (exact) mass is 225 g/mol. The summed E-state index contributed by atoms with van der Waals surface area (Å²) < 4.78 is 4.92. The molecule has 0 saturated heterocycles. The maximum Gasteiger partial charge on any atom is 0.340 e. The largest absolute Gasteiger partial charge is 0.462 e. The first-order valence-corrected chi connectivity index (χ1v) is 6.13. The van der Waals surface area contributed by atoms with E-state index in [1.54, 1.807) is 24.8 Å². The molecule has 0 atom stereocenters. The van der Waals surface area contributed by atoms with Crippen LogP contribution >= 0.6 is 11.8 Å². The van der Waals surface area contributed by atoms with E-state index in [0.717, 1.165) is 11.3 Å². The van der Waals surface area contributed by atoms with E-state index in [4.69, 9.17) is 10.5 Å². The van der Waals surface area contributed by atoms with Gasteiger partial charge in [-0.1, -0.05) is 12.1 Å². The second-order valence-electron chi connectivity index (χ2n) is 3.03. The molecule has 0 aliphatic rings. The van der Waals surface area contributed by atoms with Crippen molar-refractivity contribution in [1.29, 1.82) is 0 Å². The van der Waals surface area contributed by atoms with Gasteiger partial charge in [-0.3, -0.25) is 0 Å². The average Bonchev–Trinajstić information content (AvgIpc) is 2.22. The van der Waals surface area contributed by atoms with Gasteiger partial charge in [-0.05, 0) is 24.8 Å². The highest BCUT2D eigenvalue weighted by Gasteiger charge is 2.12. The molecule has 3 nitrogen and oxygen atoms in total. The summed E-state index contributed by atoms with van der Waals surface area (Å²) in [5, 5.41) is 0. The van der Waals surface area contributed by atoms with Crippen LogP contribution in [0.5, 0.6) is 0 Å². The molecule has 0 radical (unpaired) electrons. The molecular formula is C11H15NO2S. The second-order valence-corrected chi connectivity index (χ2v) is 3.90. The van der Waals surface area contributed by atoms with Crippen molar-refractivity contribution in [3.05, 3.63) is 29.3 Å². The minimum Gasteiger partial charge on any atom is -0.462 e. The lowest BCUT2D eigenvalue weighted by Crippen LogP contribution is -2.09. The fourth-order valence-electron chi connectivity index (χ4n) is 1.28. The highest BCUT2D eigenvalue weighted by molar-refractivity contribution is 7.97. The lowest BCUT2D eigenvalue weighted by molar-refractivity contribution is 0.0527. The Bertz CT molecular complexity index is 352. The van der Waals surface area contributed by atoms with Crippen molar-refractivity contribution in [2.45, 2.75) is 12.7 Å². The molecule has 0 unspecified atom stereocenters. The van der Waals surface area contributed by atoms with Gasteiger partial charge in [0.1, 0.15) is 0 Å². The third-order valence-electron chi connectivity index (χ3n) is 1.99. The van der Waals surface area contributed by atoms with Crippen molar-refractivity contribution in [2.75, 3.05) is 18.6 Å². The zero-order valence-corrected chi connectivity index (χ0v) is 9.76. The molecule has 0 fully saturated rings. The highest BCUT2D eigenvalue weighted by Crippen LogP contribution is 2.21. The number of benzene rings is 1. The molecule has 4 heteroatoms. The summed E-state index contributed by atoms with van der Waals surface area (Å²) in [6.07, 6.45) is 2.00. The van der Waals surface area contributed by atoms with Crippen LogP contribution in [0, 0.1) is 0 Å². The first-order valence-electron chi connectivity index (χ1n) is 4.74. The standard InChI is InChI=1S/C11H15NO2S/c1-3-14-11(13)9-6-4-5-8(7-15-2)10(9)12/h4-6H,3,7,12H2,1-2H3. The van der Waals surface area contributed by atoms with Crippen LogP contribution in [0.2, 0.25) is 0 Å². The summed E-state index contributed by atoms with van der Waals surface area (Å²) in [6.45, 7) is 2.14. The number of ether oxygens (including phenoxy) is 1. The van der Waals surface area contributed by atoms with E-state index < -0.39 is 0 Å². The second kappa shape index (κ2) is 5.66. The topological polar surface area (TPSA) is 52.3 Å². The van der Waals surface area contributed by atoms with E-state index in [1.165, 1.54) is 0 Å². The van der Waals surface area contributed by atoms with Crippen LogP contribution in [0.1, 0.15) is 22.8 Å². The number of anilines is 1. The summed E-state index contributed by atoms with van der Waals surface area (Å²) in [5.74, 6) is 0.456. The SMILES string of the molecule is CCOC(=O)c1cccc(CSC)c1N. The molecule has 82 valence electrons. The number of nitrogen functional groups attached to an aromatic ring is 1. The number of esters is 1. The Balaban J connectivity index is 2.98. The predicted molar refractivity (Wildman–Crippen MR) is 64.0 cm³/mol. The van der Waals surface area contributed by atoms with Crippen molar-refractivity contribution >= 4 is 23.4 Å². The van der Waals surface area contributed by atoms with Crippen LogP contribution < -0.4 is 5.73 Å². The van der Waals surface area contributed by atoms with Crippen LogP contribution in [0.25, 0.3) is 0 Å². The van der Waals surface area contributed by atoms with Crippen LogP contribution in [-0.2, 0) is 10.5 Å². The Morgan fingerprint density at radius 3 is 2.87 bits per heavy atom. The van der Waals surface area contributed by atoms with Crippen molar-refractivity contribution in [1.82, 2.24) is 0 Å². The fraction of sp³-hybridized carbons (Fsp3) is 0.364. The number of nitrogens with two attached hydrogens (primary N) is 1. The van der Waals surface area contributed by atoms with E-state index in [1.807, 2.05) is 18.4 Å². The number of rotatable bonds is 4. The van der Waals surface area contributed by atoms with Gasteiger partial charge >= 0.3 is 5.97 Å². The van der Waals surface area contributed by atoms with Gasteiger partial charge in [0.05, 0.1) is 17.9 Å². The summed E-state index contributed by atoms with van der Waals surface area (Å²) in [6, 6.07) is 5.44. The van der Waals surface area contributed by atoms with Crippen LogP contribution in [0.15, 0.2) is 18.2 Å². The summed E-state index contributed by atoms with van der Waals surface area (Å²) >= 11 is 1.67. The molecule has 15 heavy (non-hydrogen) atoms. The van der Waals surface area contributed by atoms with Crippen LogP contribution in [0.3, 0.4) is 0 Å². The Morgan fingerprint density at radius 2 is 2.27 bits per heavy atom.